The Morgan fingerprint density at radius 3 is 2.42 bits per heavy atom. The third kappa shape index (κ3) is 5.73. The molecule has 2 rings (SSSR count). The fourth-order valence-electron chi connectivity index (χ4n) is 2.13. The van der Waals surface area contributed by atoms with Crippen molar-refractivity contribution in [3.63, 3.8) is 0 Å². The first-order chi connectivity index (χ1) is 12.5. The van der Waals surface area contributed by atoms with E-state index in [4.69, 9.17) is 4.74 Å². The van der Waals surface area contributed by atoms with E-state index in [1.807, 2.05) is 0 Å². The number of ether oxygens (including phenoxy) is 2. The second-order valence-corrected chi connectivity index (χ2v) is 5.19. The molecule has 0 heterocycles. The molecule has 0 bridgehead atoms. The number of amides is 2. The van der Waals surface area contributed by atoms with Crippen molar-refractivity contribution < 1.29 is 27.8 Å². The van der Waals surface area contributed by atoms with Crippen LogP contribution in [0, 0.1) is 0 Å². The predicted molar refractivity (Wildman–Crippen MR) is 90.2 cm³/mol. The molecule has 0 spiro atoms. The molecule has 8 heteroatoms. The average molecular weight is 364 g/mol. The Morgan fingerprint density at radius 2 is 1.77 bits per heavy atom. The molecule has 0 aliphatic carbocycles. The summed E-state index contributed by atoms with van der Waals surface area (Å²) < 4.78 is 33.9. The van der Waals surface area contributed by atoms with Crippen LogP contribution < -0.4 is 20.1 Å². The van der Waals surface area contributed by atoms with Crippen LogP contribution in [-0.2, 0) is 11.3 Å². The van der Waals surface area contributed by atoms with Gasteiger partial charge in [-0.05, 0) is 29.8 Å². The van der Waals surface area contributed by atoms with E-state index in [0.717, 1.165) is 0 Å². The van der Waals surface area contributed by atoms with Crippen molar-refractivity contribution in [2.75, 3.05) is 13.7 Å². The van der Waals surface area contributed by atoms with Gasteiger partial charge in [-0.15, -0.1) is 0 Å². The van der Waals surface area contributed by atoms with Gasteiger partial charge >= 0.3 is 6.61 Å². The quantitative estimate of drug-likeness (QED) is 0.754. The molecule has 2 aromatic rings. The summed E-state index contributed by atoms with van der Waals surface area (Å²) in [6.07, 6.45) is 0. The van der Waals surface area contributed by atoms with Crippen molar-refractivity contribution in [2.24, 2.45) is 0 Å². The number of nitrogens with one attached hydrogen (secondary N) is 2. The molecule has 0 saturated heterocycles. The SMILES string of the molecule is COc1cc(CNC(=O)CNC(=O)c2ccccc2)ccc1OC(F)F. The summed E-state index contributed by atoms with van der Waals surface area (Å²) >= 11 is 0. The molecule has 0 unspecified atom stereocenters. The largest absolute Gasteiger partial charge is 0.493 e. The molecular formula is C18H18F2N2O4. The van der Waals surface area contributed by atoms with Crippen molar-refractivity contribution in [1.29, 1.82) is 0 Å². The molecule has 2 N–H and O–H groups in total. The Morgan fingerprint density at radius 1 is 1.04 bits per heavy atom. The Hall–Kier alpha value is -3.16. The molecule has 0 saturated carbocycles. The Labute approximate surface area is 149 Å². The lowest BCUT2D eigenvalue weighted by atomic mass is 10.2. The molecule has 2 amide bonds. The molecule has 0 aliphatic rings. The maximum absolute atomic E-state index is 12.3. The highest BCUT2D eigenvalue weighted by Gasteiger charge is 2.12. The first-order valence-corrected chi connectivity index (χ1v) is 7.71. The van der Waals surface area contributed by atoms with E-state index in [0.29, 0.717) is 11.1 Å². The summed E-state index contributed by atoms with van der Waals surface area (Å²) in [6.45, 7) is -2.99. The van der Waals surface area contributed by atoms with Gasteiger partial charge in [-0.3, -0.25) is 9.59 Å². The number of alkyl halides is 2. The van der Waals surface area contributed by atoms with Crippen molar-refractivity contribution in [2.45, 2.75) is 13.2 Å². The Kier molecular flexibility index (Phi) is 6.90. The van der Waals surface area contributed by atoms with Crippen LogP contribution in [0.25, 0.3) is 0 Å². The standard InChI is InChI=1S/C18H18F2N2O4/c1-25-15-9-12(7-8-14(15)26-18(19)20)10-21-16(23)11-22-17(24)13-5-3-2-4-6-13/h2-9,18H,10-11H2,1H3,(H,21,23)(H,22,24). The third-order valence-corrected chi connectivity index (χ3v) is 3.38. The normalized spacial score (nSPS) is 10.3. The topological polar surface area (TPSA) is 76.7 Å². The van der Waals surface area contributed by atoms with Gasteiger partial charge in [0.1, 0.15) is 0 Å². The Bertz CT molecular complexity index is 754. The van der Waals surface area contributed by atoms with Crippen LogP contribution in [0.15, 0.2) is 48.5 Å². The molecule has 26 heavy (non-hydrogen) atoms. The van der Waals surface area contributed by atoms with E-state index in [9.17, 15) is 18.4 Å². The minimum atomic E-state index is -2.96. The van der Waals surface area contributed by atoms with E-state index < -0.39 is 6.61 Å². The molecule has 0 fully saturated rings. The molecule has 0 aliphatic heterocycles. The molecule has 0 atom stereocenters. The van der Waals surface area contributed by atoms with E-state index in [-0.39, 0.29) is 36.4 Å². The molecule has 0 radical (unpaired) electrons. The highest BCUT2D eigenvalue weighted by atomic mass is 19.3. The number of halogens is 2. The van der Waals surface area contributed by atoms with Crippen molar-refractivity contribution >= 4 is 11.8 Å². The summed E-state index contributed by atoms with van der Waals surface area (Å²) in [5, 5.41) is 5.13. The van der Waals surface area contributed by atoms with E-state index in [1.54, 1.807) is 30.3 Å². The fourth-order valence-corrected chi connectivity index (χ4v) is 2.13. The van der Waals surface area contributed by atoms with Gasteiger partial charge in [0.15, 0.2) is 11.5 Å². The number of hydrogen-bond donors (Lipinski definition) is 2. The molecule has 2 aromatic carbocycles. The number of methoxy groups -OCH3 is 1. The van der Waals surface area contributed by atoms with Gasteiger partial charge in [0.2, 0.25) is 5.91 Å². The second-order valence-electron chi connectivity index (χ2n) is 5.19. The van der Waals surface area contributed by atoms with E-state index >= 15 is 0 Å². The zero-order valence-electron chi connectivity index (χ0n) is 14.0. The summed E-state index contributed by atoms with van der Waals surface area (Å²) in [7, 11) is 1.33. The van der Waals surface area contributed by atoms with Crippen LogP contribution in [0.4, 0.5) is 8.78 Å². The fraction of sp³-hybridized carbons (Fsp3) is 0.222. The van der Waals surface area contributed by atoms with Crippen LogP contribution in [0.1, 0.15) is 15.9 Å². The van der Waals surface area contributed by atoms with Gasteiger partial charge in [0, 0.05) is 12.1 Å². The number of hydrogen-bond acceptors (Lipinski definition) is 4. The van der Waals surface area contributed by atoms with Crippen LogP contribution in [0.5, 0.6) is 11.5 Å². The zero-order valence-corrected chi connectivity index (χ0v) is 14.0. The number of rotatable bonds is 8. The second kappa shape index (κ2) is 9.36. The highest BCUT2D eigenvalue weighted by molar-refractivity contribution is 5.96. The van der Waals surface area contributed by atoms with Gasteiger partial charge in [-0.2, -0.15) is 8.78 Å². The van der Waals surface area contributed by atoms with Gasteiger partial charge in [0.25, 0.3) is 5.91 Å². The van der Waals surface area contributed by atoms with Crippen molar-refractivity contribution in [3.8, 4) is 11.5 Å². The predicted octanol–water partition coefficient (Wildman–Crippen LogP) is 2.34. The van der Waals surface area contributed by atoms with Crippen molar-refractivity contribution in [3.05, 3.63) is 59.7 Å². The van der Waals surface area contributed by atoms with Crippen LogP contribution in [-0.4, -0.2) is 32.1 Å². The number of benzene rings is 2. The third-order valence-electron chi connectivity index (χ3n) is 3.38. The van der Waals surface area contributed by atoms with Crippen LogP contribution >= 0.6 is 0 Å². The monoisotopic (exact) mass is 364 g/mol. The number of carbonyl (C=O) groups excluding carboxylic acids is 2. The first-order valence-electron chi connectivity index (χ1n) is 7.71. The maximum atomic E-state index is 12.3. The van der Waals surface area contributed by atoms with Gasteiger partial charge in [0.05, 0.1) is 13.7 Å². The molecule has 0 aromatic heterocycles. The minimum absolute atomic E-state index is 0.0901. The highest BCUT2D eigenvalue weighted by Crippen LogP contribution is 2.29. The summed E-state index contributed by atoms with van der Waals surface area (Å²) in [5.74, 6) is -0.695. The minimum Gasteiger partial charge on any atom is -0.493 e. The number of carbonyl (C=O) groups is 2. The lowest BCUT2D eigenvalue weighted by Gasteiger charge is -2.12. The Balaban J connectivity index is 1.84. The summed E-state index contributed by atoms with van der Waals surface area (Å²) in [5.41, 5.74) is 1.09. The van der Waals surface area contributed by atoms with E-state index in [1.165, 1.54) is 25.3 Å². The maximum Gasteiger partial charge on any atom is 0.387 e. The summed E-state index contributed by atoms with van der Waals surface area (Å²) in [6, 6.07) is 12.9. The van der Waals surface area contributed by atoms with E-state index in [2.05, 4.69) is 15.4 Å². The smallest absolute Gasteiger partial charge is 0.387 e. The summed E-state index contributed by atoms with van der Waals surface area (Å²) in [4.78, 5) is 23.7. The average Bonchev–Trinajstić information content (AvgIpc) is 2.65. The zero-order chi connectivity index (χ0) is 18.9. The van der Waals surface area contributed by atoms with Gasteiger partial charge < -0.3 is 20.1 Å². The lowest BCUT2D eigenvalue weighted by Crippen LogP contribution is -2.36. The molecular weight excluding hydrogens is 346 g/mol. The van der Waals surface area contributed by atoms with Gasteiger partial charge in [-0.1, -0.05) is 24.3 Å². The molecule has 138 valence electrons. The molecule has 6 nitrogen and oxygen atoms in total. The van der Waals surface area contributed by atoms with Crippen LogP contribution in [0.2, 0.25) is 0 Å². The van der Waals surface area contributed by atoms with Crippen molar-refractivity contribution in [1.82, 2.24) is 10.6 Å². The van der Waals surface area contributed by atoms with Crippen LogP contribution in [0.3, 0.4) is 0 Å². The first kappa shape index (κ1) is 19.2. The van der Waals surface area contributed by atoms with Gasteiger partial charge in [-0.25, -0.2) is 0 Å². The lowest BCUT2D eigenvalue weighted by molar-refractivity contribution is -0.120.